The van der Waals surface area contributed by atoms with Crippen molar-refractivity contribution in [1.82, 2.24) is 30.0 Å². The van der Waals surface area contributed by atoms with Crippen molar-refractivity contribution < 1.29 is 4.79 Å². The SMILES string of the molecule is CCNc1nc(CN(C)CC(=O)NC)nc2c1cnn2C. The van der Waals surface area contributed by atoms with Crippen LogP contribution in [-0.4, -0.2) is 57.7 Å². The fourth-order valence-electron chi connectivity index (χ4n) is 2.06. The molecule has 2 aromatic rings. The fraction of sp³-hybridized carbons (Fsp3) is 0.538. The molecule has 8 nitrogen and oxygen atoms in total. The zero-order valence-corrected chi connectivity index (χ0v) is 12.8. The van der Waals surface area contributed by atoms with E-state index in [1.807, 2.05) is 25.9 Å². The van der Waals surface area contributed by atoms with Crippen LogP contribution in [0.3, 0.4) is 0 Å². The average molecular weight is 291 g/mol. The molecule has 0 saturated carbocycles. The van der Waals surface area contributed by atoms with Gasteiger partial charge in [0.05, 0.1) is 24.7 Å². The third-order valence-corrected chi connectivity index (χ3v) is 3.09. The van der Waals surface area contributed by atoms with Gasteiger partial charge in [-0.1, -0.05) is 0 Å². The van der Waals surface area contributed by atoms with Gasteiger partial charge in [-0.25, -0.2) is 9.97 Å². The number of rotatable bonds is 6. The highest BCUT2D eigenvalue weighted by Crippen LogP contribution is 2.19. The second kappa shape index (κ2) is 6.49. The summed E-state index contributed by atoms with van der Waals surface area (Å²) in [5.41, 5.74) is 0.782. The third-order valence-electron chi connectivity index (χ3n) is 3.09. The van der Waals surface area contributed by atoms with Crippen LogP contribution in [0.25, 0.3) is 11.0 Å². The normalized spacial score (nSPS) is 11.1. The van der Waals surface area contributed by atoms with Gasteiger partial charge in [0.15, 0.2) is 5.65 Å². The molecule has 0 aliphatic heterocycles. The number of hydrogen-bond donors (Lipinski definition) is 2. The Morgan fingerprint density at radius 1 is 1.43 bits per heavy atom. The summed E-state index contributed by atoms with van der Waals surface area (Å²) in [7, 11) is 5.33. The molecule has 21 heavy (non-hydrogen) atoms. The zero-order chi connectivity index (χ0) is 15.4. The van der Waals surface area contributed by atoms with E-state index in [4.69, 9.17) is 0 Å². The maximum atomic E-state index is 11.4. The summed E-state index contributed by atoms with van der Waals surface area (Å²) in [5, 5.41) is 10.9. The standard InChI is InChI=1S/C13H21N7O/c1-5-15-12-9-6-16-20(4)13(9)18-10(17-12)7-19(3)8-11(21)14-2/h6H,5,7-8H2,1-4H3,(H,14,21)(H,15,17,18). The molecule has 2 aromatic heterocycles. The molecular formula is C13H21N7O. The number of carbonyl (C=O) groups excluding carboxylic acids is 1. The van der Waals surface area contributed by atoms with Gasteiger partial charge in [0.1, 0.15) is 11.6 Å². The lowest BCUT2D eigenvalue weighted by atomic mass is 10.3. The molecule has 0 aliphatic rings. The van der Waals surface area contributed by atoms with Gasteiger partial charge in [-0.15, -0.1) is 0 Å². The van der Waals surface area contributed by atoms with Crippen LogP contribution in [0.1, 0.15) is 12.7 Å². The number of fused-ring (bicyclic) bond motifs is 1. The van der Waals surface area contributed by atoms with Crippen LogP contribution in [0.2, 0.25) is 0 Å². The highest BCUT2D eigenvalue weighted by molar-refractivity contribution is 5.86. The molecule has 2 heterocycles. The van der Waals surface area contributed by atoms with Crippen molar-refractivity contribution in [3.63, 3.8) is 0 Å². The Kier molecular flexibility index (Phi) is 4.69. The van der Waals surface area contributed by atoms with Gasteiger partial charge >= 0.3 is 0 Å². The number of nitrogens with one attached hydrogen (secondary N) is 2. The molecule has 0 atom stereocenters. The van der Waals surface area contributed by atoms with E-state index in [0.717, 1.165) is 23.4 Å². The third kappa shape index (κ3) is 3.46. The highest BCUT2D eigenvalue weighted by Gasteiger charge is 2.13. The lowest BCUT2D eigenvalue weighted by Gasteiger charge is -2.15. The predicted molar refractivity (Wildman–Crippen MR) is 80.9 cm³/mol. The molecule has 0 spiro atoms. The largest absolute Gasteiger partial charge is 0.370 e. The quantitative estimate of drug-likeness (QED) is 0.777. The predicted octanol–water partition coefficient (Wildman–Crippen LogP) is -0.0271. The van der Waals surface area contributed by atoms with E-state index in [9.17, 15) is 4.79 Å². The zero-order valence-electron chi connectivity index (χ0n) is 12.8. The number of amides is 1. The van der Waals surface area contributed by atoms with Crippen LogP contribution in [0.15, 0.2) is 6.20 Å². The van der Waals surface area contributed by atoms with Crippen molar-refractivity contribution in [3.8, 4) is 0 Å². The molecule has 0 unspecified atom stereocenters. The molecule has 0 aromatic carbocycles. The first-order valence-corrected chi connectivity index (χ1v) is 6.86. The van der Waals surface area contributed by atoms with Crippen molar-refractivity contribution in [2.24, 2.45) is 7.05 Å². The maximum Gasteiger partial charge on any atom is 0.233 e. The van der Waals surface area contributed by atoms with Crippen molar-refractivity contribution in [2.45, 2.75) is 13.5 Å². The Balaban J connectivity index is 2.27. The summed E-state index contributed by atoms with van der Waals surface area (Å²) in [6, 6.07) is 0. The minimum atomic E-state index is -0.0361. The van der Waals surface area contributed by atoms with E-state index < -0.39 is 0 Å². The molecule has 2 N–H and O–H groups in total. The van der Waals surface area contributed by atoms with Gasteiger partial charge < -0.3 is 10.6 Å². The second-order valence-corrected chi connectivity index (χ2v) is 4.87. The van der Waals surface area contributed by atoms with Crippen LogP contribution < -0.4 is 10.6 Å². The van der Waals surface area contributed by atoms with Crippen LogP contribution in [0, 0.1) is 0 Å². The lowest BCUT2D eigenvalue weighted by molar-refractivity contribution is -0.121. The Hall–Kier alpha value is -2.22. The maximum absolute atomic E-state index is 11.4. The minimum Gasteiger partial charge on any atom is -0.370 e. The molecule has 0 aliphatic carbocycles. The van der Waals surface area contributed by atoms with Gasteiger partial charge in [0, 0.05) is 20.6 Å². The first kappa shape index (κ1) is 15.2. The molecular weight excluding hydrogens is 270 g/mol. The summed E-state index contributed by atoms with van der Waals surface area (Å²) in [6.45, 7) is 3.59. The van der Waals surface area contributed by atoms with Crippen LogP contribution in [0.5, 0.6) is 0 Å². The first-order chi connectivity index (χ1) is 10.0. The van der Waals surface area contributed by atoms with Gasteiger partial charge in [-0.3, -0.25) is 14.4 Å². The number of anilines is 1. The number of aromatic nitrogens is 4. The number of nitrogens with zero attached hydrogens (tertiary/aromatic N) is 5. The summed E-state index contributed by atoms with van der Waals surface area (Å²) in [6.07, 6.45) is 1.76. The second-order valence-electron chi connectivity index (χ2n) is 4.87. The molecule has 0 fully saturated rings. The molecule has 0 radical (unpaired) electrons. The summed E-state index contributed by atoms with van der Waals surface area (Å²) >= 11 is 0. The van der Waals surface area contributed by atoms with Crippen molar-refractivity contribution in [3.05, 3.63) is 12.0 Å². The van der Waals surface area contributed by atoms with Crippen molar-refractivity contribution in [2.75, 3.05) is 32.5 Å². The summed E-state index contributed by atoms with van der Waals surface area (Å²) in [4.78, 5) is 22.3. The van der Waals surface area contributed by atoms with E-state index in [1.54, 1.807) is 17.9 Å². The molecule has 2 rings (SSSR count). The highest BCUT2D eigenvalue weighted by atomic mass is 16.1. The summed E-state index contributed by atoms with van der Waals surface area (Å²) < 4.78 is 1.72. The van der Waals surface area contributed by atoms with E-state index >= 15 is 0 Å². The van der Waals surface area contributed by atoms with Crippen molar-refractivity contribution >= 4 is 22.8 Å². The molecule has 0 bridgehead atoms. The van der Waals surface area contributed by atoms with Gasteiger partial charge in [0.2, 0.25) is 5.91 Å². The number of likely N-dealkylation sites (N-methyl/N-ethyl adjacent to an activating group) is 2. The molecule has 8 heteroatoms. The minimum absolute atomic E-state index is 0.0361. The average Bonchev–Trinajstić information content (AvgIpc) is 2.81. The van der Waals surface area contributed by atoms with Gasteiger partial charge in [-0.2, -0.15) is 5.10 Å². The monoisotopic (exact) mass is 291 g/mol. The lowest BCUT2D eigenvalue weighted by Crippen LogP contribution is -2.33. The molecule has 1 amide bonds. The Labute approximate surface area is 123 Å². The molecule has 114 valence electrons. The Morgan fingerprint density at radius 3 is 2.86 bits per heavy atom. The van der Waals surface area contributed by atoms with E-state index in [0.29, 0.717) is 18.9 Å². The number of hydrogen-bond acceptors (Lipinski definition) is 6. The number of aryl methyl sites for hydroxylation is 1. The Morgan fingerprint density at radius 2 is 2.19 bits per heavy atom. The first-order valence-electron chi connectivity index (χ1n) is 6.86. The van der Waals surface area contributed by atoms with Crippen LogP contribution in [-0.2, 0) is 18.4 Å². The Bertz CT molecular complexity index is 637. The topological polar surface area (TPSA) is 88.0 Å². The fourth-order valence-corrected chi connectivity index (χ4v) is 2.06. The van der Waals surface area contributed by atoms with Crippen LogP contribution in [0.4, 0.5) is 5.82 Å². The summed E-state index contributed by atoms with van der Waals surface area (Å²) in [5.74, 6) is 1.40. The van der Waals surface area contributed by atoms with E-state index in [2.05, 4.69) is 25.7 Å². The van der Waals surface area contributed by atoms with E-state index in [1.165, 1.54) is 0 Å². The van der Waals surface area contributed by atoms with E-state index in [-0.39, 0.29) is 5.91 Å². The van der Waals surface area contributed by atoms with Crippen LogP contribution >= 0.6 is 0 Å². The van der Waals surface area contributed by atoms with Crippen molar-refractivity contribution in [1.29, 1.82) is 0 Å². The van der Waals surface area contributed by atoms with Gasteiger partial charge in [0.25, 0.3) is 0 Å². The molecule has 0 saturated heterocycles. The smallest absolute Gasteiger partial charge is 0.233 e. The van der Waals surface area contributed by atoms with Gasteiger partial charge in [-0.05, 0) is 14.0 Å². The number of carbonyl (C=O) groups is 1.